The van der Waals surface area contributed by atoms with E-state index >= 15 is 0 Å². The van der Waals surface area contributed by atoms with Crippen molar-refractivity contribution in [1.29, 1.82) is 15.8 Å². The third-order valence-corrected chi connectivity index (χ3v) is 3.82. The molecule has 1 fully saturated rings. The van der Waals surface area contributed by atoms with Crippen molar-refractivity contribution in [3.8, 4) is 18.2 Å². The minimum atomic E-state index is 0.521. The Morgan fingerprint density at radius 3 is 1.62 bits per heavy atom. The zero-order chi connectivity index (χ0) is 15.3. The van der Waals surface area contributed by atoms with Crippen molar-refractivity contribution in [2.75, 3.05) is 58.9 Å². The lowest BCUT2D eigenvalue weighted by atomic mass is 10.3. The third-order valence-electron chi connectivity index (χ3n) is 3.82. The summed E-state index contributed by atoms with van der Waals surface area (Å²) in [7, 11) is 0. The maximum absolute atomic E-state index is 8.68. The molecule has 114 valence electrons. The van der Waals surface area contributed by atoms with E-state index in [0.29, 0.717) is 19.3 Å². The smallest absolute Gasteiger partial charge is 0.0635 e. The van der Waals surface area contributed by atoms with Gasteiger partial charge in [-0.2, -0.15) is 15.8 Å². The minimum Gasteiger partial charge on any atom is -0.300 e. The molecule has 1 heterocycles. The molecule has 0 aromatic rings. The number of nitrogens with zero attached hydrogens (tertiary/aromatic N) is 6. The van der Waals surface area contributed by atoms with Gasteiger partial charge in [0.2, 0.25) is 0 Å². The molecule has 0 amide bonds. The fraction of sp³-hybridized carbons (Fsp3) is 0.800. The molecule has 0 unspecified atom stereocenters. The van der Waals surface area contributed by atoms with Gasteiger partial charge in [0.15, 0.2) is 0 Å². The van der Waals surface area contributed by atoms with Gasteiger partial charge in [-0.25, -0.2) is 0 Å². The Bertz CT molecular complexity index is 376. The van der Waals surface area contributed by atoms with Crippen molar-refractivity contribution in [2.24, 2.45) is 0 Å². The summed E-state index contributed by atoms with van der Waals surface area (Å²) in [6.45, 7) is 8.41. The second-order valence-corrected chi connectivity index (χ2v) is 5.25. The molecular formula is C15H24N6. The Morgan fingerprint density at radius 2 is 1.14 bits per heavy atom. The average molecular weight is 288 g/mol. The minimum absolute atomic E-state index is 0.521. The number of hydrogen-bond acceptors (Lipinski definition) is 6. The van der Waals surface area contributed by atoms with E-state index < -0.39 is 0 Å². The second-order valence-electron chi connectivity index (χ2n) is 5.25. The van der Waals surface area contributed by atoms with E-state index in [2.05, 4.69) is 32.9 Å². The summed E-state index contributed by atoms with van der Waals surface area (Å²) in [5.74, 6) is 0. The highest BCUT2D eigenvalue weighted by Crippen LogP contribution is 2.03. The number of piperazine rings is 1. The Balaban J connectivity index is 2.22. The van der Waals surface area contributed by atoms with Crippen molar-refractivity contribution in [3.63, 3.8) is 0 Å². The molecule has 0 atom stereocenters. The average Bonchev–Trinajstić information content (AvgIpc) is 2.53. The fourth-order valence-corrected chi connectivity index (χ4v) is 2.48. The van der Waals surface area contributed by atoms with Gasteiger partial charge in [-0.3, -0.25) is 9.80 Å². The molecule has 1 aliphatic rings. The van der Waals surface area contributed by atoms with Crippen LogP contribution in [-0.2, 0) is 0 Å². The van der Waals surface area contributed by atoms with Crippen LogP contribution in [0.2, 0.25) is 0 Å². The van der Waals surface area contributed by atoms with E-state index in [1.54, 1.807) is 0 Å². The van der Waals surface area contributed by atoms with Gasteiger partial charge >= 0.3 is 0 Å². The lowest BCUT2D eigenvalue weighted by Crippen LogP contribution is -2.48. The van der Waals surface area contributed by atoms with Crippen LogP contribution < -0.4 is 0 Å². The van der Waals surface area contributed by atoms with Crippen LogP contribution >= 0.6 is 0 Å². The quantitative estimate of drug-likeness (QED) is 0.619. The van der Waals surface area contributed by atoms with Gasteiger partial charge in [0.1, 0.15) is 0 Å². The molecule has 1 rings (SSSR count). The first-order chi connectivity index (χ1) is 10.3. The predicted molar refractivity (Wildman–Crippen MR) is 80.0 cm³/mol. The van der Waals surface area contributed by atoms with E-state index in [0.717, 1.165) is 58.9 Å². The molecule has 0 bridgehead atoms. The van der Waals surface area contributed by atoms with Crippen molar-refractivity contribution >= 4 is 0 Å². The van der Waals surface area contributed by atoms with E-state index in [1.165, 1.54) is 0 Å². The molecule has 0 aromatic heterocycles. The lowest BCUT2D eigenvalue weighted by Gasteiger charge is -2.35. The first-order valence-electron chi connectivity index (χ1n) is 7.58. The lowest BCUT2D eigenvalue weighted by molar-refractivity contribution is 0.120. The molecule has 0 N–H and O–H groups in total. The Labute approximate surface area is 127 Å². The predicted octanol–water partition coefficient (Wildman–Crippen LogP) is 0.647. The highest BCUT2D eigenvalue weighted by Gasteiger charge is 2.16. The van der Waals surface area contributed by atoms with E-state index in [1.807, 2.05) is 0 Å². The molecule has 1 saturated heterocycles. The van der Waals surface area contributed by atoms with Gasteiger partial charge in [0.25, 0.3) is 0 Å². The van der Waals surface area contributed by atoms with E-state index in [-0.39, 0.29) is 0 Å². The Morgan fingerprint density at radius 1 is 0.667 bits per heavy atom. The van der Waals surface area contributed by atoms with Gasteiger partial charge in [0, 0.05) is 78.2 Å². The number of hydrogen-bond donors (Lipinski definition) is 0. The molecule has 0 saturated carbocycles. The van der Waals surface area contributed by atoms with E-state index in [9.17, 15) is 0 Å². The molecule has 6 nitrogen and oxygen atoms in total. The summed E-state index contributed by atoms with van der Waals surface area (Å²) in [6, 6.07) is 6.52. The van der Waals surface area contributed by atoms with Crippen molar-refractivity contribution < 1.29 is 0 Å². The van der Waals surface area contributed by atoms with Crippen LogP contribution in [0.25, 0.3) is 0 Å². The molecule has 0 radical (unpaired) electrons. The molecular weight excluding hydrogens is 264 g/mol. The maximum atomic E-state index is 8.68. The van der Waals surface area contributed by atoms with Gasteiger partial charge in [-0.05, 0) is 0 Å². The summed E-state index contributed by atoms with van der Waals surface area (Å²) in [4.78, 5) is 6.96. The normalized spacial score (nSPS) is 16.3. The van der Waals surface area contributed by atoms with Crippen molar-refractivity contribution in [3.05, 3.63) is 0 Å². The summed E-state index contributed by atoms with van der Waals surface area (Å²) in [5.41, 5.74) is 0. The number of nitriles is 3. The van der Waals surface area contributed by atoms with Crippen molar-refractivity contribution in [2.45, 2.75) is 19.3 Å². The van der Waals surface area contributed by atoms with Gasteiger partial charge in [0.05, 0.1) is 18.2 Å². The van der Waals surface area contributed by atoms with Gasteiger partial charge < -0.3 is 4.90 Å². The van der Waals surface area contributed by atoms with Crippen LogP contribution in [0.4, 0.5) is 0 Å². The maximum Gasteiger partial charge on any atom is 0.0635 e. The van der Waals surface area contributed by atoms with Crippen LogP contribution in [-0.4, -0.2) is 73.6 Å². The SMILES string of the molecule is N#CCCN(CCC#N)CCN1CCN(CCC#N)CC1. The fourth-order valence-electron chi connectivity index (χ4n) is 2.48. The van der Waals surface area contributed by atoms with Crippen molar-refractivity contribution in [1.82, 2.24) is 14.7 Å². The third kappa shape index (κ3) is 7.63. The van der Waals surface area contributed by atoms with Crippen LogP contribution in [0.15, 0.2) is 0 Å². The van der Waals surface area contributed by atoms with Gasteiger partial charge in [-0.15, -0.1) is 0 Å². The Kier molecular flexibility index (Phi) is 9.16. The van der Waals surface area contributed by atoms with Crippen LogP contribution in [0, 0.1) is 34.0 Å². The zero-order valence-corrected chi connectivity index (χ0v) is 12.7. The molecule has 6 heteroatoms. The largest absolute Gasteiger partial charge is 0.300 e. The zero-order valence-electron chi connectivity index (χ0n) is 12.7. The molecule has 0 aliphatic carbocycles. The molecule has 1 aliphatic heterocycles. The Hall–Kier alpha value is -1.65. The second kappa shape index (κ2) is 11.1. The summed E-state index contributed by atoms with van der Waals surface area (Å²) in [6.07, 6.45) is 1.65. The summed E-state index contributed by atoms with van der Waals surface area (Å²) < 4.78 is 0. The molecule has 0 aromatic carbocycles. The number of rotatable bonds is 9. The highest BCUT2D eigenvalue weighted by atomic mass is 15.3. The molecule has 0 spiro atoms. The van der Waals surface area contributed by atoms with E-state index in [4.69, 9.17) is 15.8 Å². The van der Waals surface area contributed by atoms with Gasteiger partial charge in [-0.1, -0.05) is 0 Å². The first-order valence-corrected chi connectivity index (χ1v) is 7.58. The van der Waals surface area contributed by atoms with Crippen LogP contribution in [0.1, 0.15) is 19.3 Å². The molecule has 21 heavy (non-hydrogen) atoms. The standard InChI is InChI=1S/C15H24N6/c16-4-1-7-19(8-2-5-17)10-13-21-14-11-20(12-15-21)9-3-6-18/h1-3,7-15H2. The topological polar surface area (TPSA) is 81.1 Å². The first kappa shape index (κ1) is 17.4. The summed E-state index contributed by atoms with van der Waals surface area (Å²) >= 11 is 0. The monoisotopic (exact) mass is 288 g/mol. The highest BCUT2D eigenvalue weighted by molar-refractivity contribution is 4.79. The van der Waals surface area contributed by atoms with Crippen LogP contribution in [0.5, 0.6) is 0 Å². The van der Waals surface area contributed by atoms with Crippen LogP contribution in [0.3, 0.4) is 0 Å². The summed E-state index contributed by atoms with van der Waals surface area (Å²) in [5, 5.41) is 26.0.